The number of aryl methyl sites for hydroxylation is 1. The molecule has 0 spiro atoms. The minimum atomic E-state index is 0.444. The highest BCUT2D eigenvalue weighted by molar-refractivity contribution is 9.10. The van der Waals surface area contributed by atoms with Crippen molar-refractivity contribution < 1.29 is 9.47 Å². The van der Waals surface area contributed by atoms with Crippen LogP contribution in [-0.4, -0.2) is 13.2 Å². The van der Waals surface area contributed by atoms with Gasteiger partial charge in [0.25, 0.3) is 0 Å². The van der Waals surface area contributed by atoms with Crippen molar-refractivity contribution in [2.45, 2.75) is 20.4 Å². The van der Waals surface area contributed by atoms with Crippen molar-refractivity contribution in [1.29, 1.82) is 0 Å². The molecule has 0 aliphatic heterocycles. The Morgan fingerprint density at radius 1 is 1.22 bits per heavy atom. The number of halogens is 1. The van der Waals surface area contributed by atoms with Gasteiger partial charge < -0.3 is 14.8 Å². The van der Waals surface area contributed by atoms with Gasteiger partial charge >= 0.3 is 0 Å². The summed E-state index contributed by atoms with van der Waals surface area (Å²) in [6.07, 6.45) is 1.72. The summed E-state index contributed by atoms with van der Waals surface area (Å²) in [5, 5.41) is 3.46. The van der Waals surface area contributed by atoms with E-state index in [2.05, 4.69) is 46.9 Å². The lowest BCUT2D eigenvalue weighted by Gasteiger charge is -2.15. The second-order valence-corrected chi connectivity index (χ2v) is 5.96. The Balaban J connectivity index is 2.19. The molecule has 0 aromatic heterocycles. The standard InChI is InChI=1S/C19H22BrNO2/c1-4-10-23-19-16(20)11-15(12-18(19)22-5-2)13-21-17-9-7-6-8-14(17)3/h4,6-9,11-12,21H,1,5,10,13H2,2-3H3. The van der Waals surface area contributed by atoms with Gasteiger partial charge in [-0.05, 0) is 59.1 Å². The van der Waals surface area contributed by atoms with Crippen molar-refractivity contribution in [3.05, 3.63) is 64.7 Å². The summed E-state index contributed by atoms with van der Waals surface area (Å²) < 4.78 is 12.3. The van der Waals surface area contributed by atoms with Crippen molar-refractivity contribution in [2.24, 2.45) is 0 Å². The van der Waals surface area contributed by atoms with Crippen LogP contribution in [0.5, 0.6) is 11.5 Å². The summed E-state index contributed by atoms with van der Waals surface area (Å²) in [5.41, 5.74) is 3.48. The molecular weight excluding hydrogens is 354 g/mol. The van der Waals surface area contributed by atoms with Crippen LogP contribution >= 0.6 is 15.9 Å². The molecule has 0 bridgehead atoms. The second-order valence-electron chi connectivity index (χ2n) is 5.11. The number of ether oxygens (including phenoxy) is 2. The highest BCUT2D eigenvalue weighted by Gasteiger charge is 2.12. The summed E-state index contributed by atoms with van der Waals surface area (Å²) in [7, 11) is 0. The van der Waals surface area contributed by atoms with Crippen molar-refractivity contribution in [2.75, 3.05) is 18.5 Å². The van der Waals surface area contributed by atoms with E-state index in [0.29, 0.717) is 25.5 Å². The van der Waals surface area contributed by atoms with E-state index in [-0.39, 0.29) is 0 Å². The van der Waals surface area contributed by atoms with Crippen LogP contribution in [-0.2, 0) is 6.54 Å². The Bertz CT molecular complexity index is 670. The van der Waals surface area contributed by atoms with Crippen molar-refractivity contribution in [3.63, 3.8) is 0 Å². The first-order valence-electron chi connectivity index (χ1n) is 7.64. The van der Waals surface area contributed by atoms with Crippen LogP contribution in [0.25, 0.3) is 0 Å². The molecule has 23 heavy (non-hydrogen) atoms. The zero-order chi connectivity index (χ0) is 16.7. The van der Waals surface area contributed by atoms with Crippen molar-refractivity contribution in [3.8, 4) is 11.5 Å². The van der Waals surface area contributed by atoms with Crippen LogP contribution in [0.15, 0.2) is 53.5 Å². The zero-order valence-electron chi connectivity index (χ0n) is 13.6. The van der Waals surface area contributed by atoms with E-state index in [1.807, 2.05) is 31.2 Å². The Labute approximate surface area is 146 Å². The molecule has 2 aromatic carbocycles. The number of nitrogens with one attached hydrogen (secondary N) is 1. The van der Waals surface area contributed by atoms with Crippen LogP contribution < -0.4 is 14.8 Å². The van der Waals surface area contributed by atoms with Crippen LogP contribution in [0.4, 0.5) is 5.69 Å². The Hall–Kier alpha value is -1.94. The summed E-state index contributed by atoms with van der Waals surface area (Å²) in [6.45, 7) is 9.48. The molecule has 2 aromatic rings. The smallest absolute Gasteiger partial charge is 0.175 e. The molecule has 0 fully saturated rings. The fourth-order valence-corrected chi connectivity index (χ4v) is 2.84. The first-order valence-corrected chi connectivity index (χ1v) is 8.43. The maximum Gasteiger partial charge on any atom is 0.175 e. The van der Waals surface area contributed by atoms with Crippen LogP contribution in [0.2, 0.25) is 0 Å². The molecule has 0 aliphatic carbocycles. The Kier molecular flexibility index (Phi) is 6.53. The molecule has 4 heteroatoms. The summed E-state index contributed by atoms with van der Waals surface area (Å²) in [6, 6.07) is 12.3. The Morgan fingerprint density at radius 3 is 2.70 bits per heavy atom. The average molecular weight is 376 g/mol. The van der Waals surface area contributed by atoms with Gasteiger partial charge in [0.1, 0.15) is 6.61 Å². The van der Waals surface area contributed by atoms with Gasteiger partial charge in [-0.3, -0.25) is 0 Å². The minimum Gasteiger partial charge on any atom is -0.490 e. The quantitative estimate of drug-likeness (QED) is 0.632. The van der Waals surface area contributed by atoms with Gasteiger partial charge in [-0.2, -0.15) is 0 Å². The van der Waals surface area contributed by atoms with E-state index in [4.69, 9.17) is 9.47 Å². The van der Waals surface area contributed by atoms with Gasteiger partial charge in [0.2, 0.25) is 0 Å². The second kappa shape index (κ2) is 8.63. The van der Waals surface area contributed by atoms with Gasteiger partial charge in [-0.15, -0.1) is 0 Å². The van der Waals surface area contributed by atoms with E-state index in [1.165, 1.54) is 5.56 Å². The molecule has 0 saturated heterocycles. The minimum absolute atomic E-state index is 0.444. The van der Waals surface area contributed by atoms with E-state index in [0.717, 1.165) is 21.5 Å². The molecule has 0 aliphatic rings. The monoisotopic (exact) mass is 375 g/mol. The maximum absolute atomic E-state index is 5.71. The van der Waals surface area contributed by atoms with Gasteiger partial charge in [-0.25, -0.2) is 0 Å². The normalized spacial score (nSPS) is 10.2. The predicted molar refractivity (Wildman–Crippen MR) is 99.5 cm³/mol. The zero-order valence-corrected chi connectivity index (χ0v) is 15.2. The third-order valence-electron chi connectivity index (χ3n) is 3.34. The molecule has 2 rings (SSSR count). The SMILES string of the molecule is C=CCOc1c(Br)cc(CNc2ccccc2C)cc1OCC. The lowest BCUT2D eigenvalue weighted by atomic mass is 10.1. The lowest BCUT2D eigenvalue weighted by Crippen LogP contribution is -2.04. The van der Waals surface area contributed by atoms with Crippen LogP contribution in [0.1, 0.15) is 18.1 Å². The number of hydrogen-bond acceptors (Lipinski definition) is 3. The number of para-hydroxylation sites is 1. The maximum atomic E-state index is 5.71. The molecule has 3 nitrogen and oxygen atoms in total. The third-order valence-corrected chi connectivity index (χ3v) is 3.93. The highest BCUT2D eigenvalue weighted by Crippen LogP contribution is 2.37. The number of benzene rings is 2. The lowest BCUT2D eigenvalue weighted by molar-refractivity contribution is 0.295. The first-order chi connectivity index (χ1) is 11.2. The molecule has 1 N–H and O–H groups in total. The third kappa shape index (κ3) is 4.76. The predicted octanol–water partition coefficient (Wildman–Crippen LogP) is 5.33. The van der Waals surface area contributed by atoms with Gasteiger partial charge in [-0.1, -0.05) is 30.9 Å². The molecule has 0 amide bonds. The van der Waals surface area contributed by atoms with Crippen molar-refractivity contribution in [1.82, 2.24) is 0 Å². The van der Waals surface area contributed by atoms with Gasteiger partial charge in [0.15, 0.2) is 11.5 Å². The topological polar surface area (TPSA) is 30.5 Å². The highest BCUT2D eigenvalue weighted by atomic mass is 79.9. The number of anilines is 1. The first kappa shape index (κ1) is 17.4. The number of rotatable bonds is 8. The van der Waals surface area contributed by atoms with Gasteiger partial charge in [0.05, 0.1) is 11.1 Å². The largest absolute Gasteiger partial charge is 0.490 e. The molecule has 0 saturated carbocycles. The van der Waals surface area contributed by atoms with E-state index in [9.17, 15) is 0 Å². The molecule has 0 radical (unpaired) electrons. The van der Waals surface area contributed by atoms with E-state index >= 15 is 0 Å². The fraction of sp³-hybridized carbons (Fsp3) is 0.263. The summed E-state index contributed by atoms with van der Waals surface area (Å²) in [4.78, 5) is 0. The van der Waals surface area contributed by atoms with Crippen LogP contribution in [0, 0.1) is 6.92 Å². The van der Waals surface area contributed by atoms with Gasteiger partial charge in [0, 0.05) is 12.2 Å². The molecule has 0 heterocycles. The molecule has 122 valence electrons. The molecular formula is C19H22BrNO2. The fourth-order valence-electron chi connectivity index (χ4n) is 2.24. The molecule has 0 unspecified atom stereocenters. The summed E-state index contributed by atoms with van der Waals surface area (Å²) in [5.74, 6) is 1.46. The van der Waals surface area contributed by atoms with E-state index in [1.54, 1.807) is 6.08 Å². The average Bonchev–Trinajstić information content (AvgIpc) is 2.54. The number of hydrogen-bond donors (Lipinski definition) is 1. The summed E-state index contributed by atoms with van der Waals surface area (Å²) >= 11 is 3.57. The van der Waals surface area contributed by atoms with Crippen molar-refractivity contribution >= 4 is 21.6 Å². The van der Waals surface area contributed by atoms with E-state index < -0.39 is 0 Å². The molecule has 0 atom stereocenters. The Morgan fingerprint density at radius 2 is 2.00 bits per heavy atom. The van der Waals surface area contributed by atoms with Crippen LogP contribution in [0.3, 0.4) is 0 Å².